The zero-order chi connectivity index (χ0) is 19.6. The number of aromatic nitrogens is 2. The highest BCUT2D eigenvalue weighted by Crippen LogP contribution is 2.39. The van der Waals surface area contributed by atoms with Crippen LogP contribution in [0.5, 0.6) is 5.75 Å². The average molecular weight is 381 g/mol. The first-order valence-corrected chi connectivity index (χ1v) is 8.66. The van der Waals surface area contributed by atoms with Crippen molar-refractivity contribution in [2.75, 3.05) is 6.61 Å². The van der Waals surface area contributed by atoms with Crippen LogP contribution in [0.25, 0.3) is 11.1 Å². The fourth-order valence-electron chi connectivity index (χ4n) is 3.34. The number of hydrogen-bond donors (Lipinski definition) is 0. The smallest absolute Gasteiger partial charge is 0.387 e. The van der Waals surface area contributed by atoms with Crippen molar-refractivity contribution in [3.63, 3.8) is 0 Å². The van der Waals surface area contributed by atoms with Gasteiger partial charge in [-0.2, -0.15) is 8.78 Å². The molecule has 1 aromatic heterocycles. The van der Waals surface area contributed by atoms with Gasteiger partial charge in [-0.1, -0.05) is 24.3 Å². The lowest BCUT2D eigenvalue weighted by Crippen LogP contribution is -2.27. The van der Waals surface area contributed by atoms with Crippen LogP contribution in [-0.2, 0) is 10.3 Å². The lowest BCUT2D eigenvalue weighted by Gasteiger charge is -2.27. The van der Waals surface area contributed by atoms with Crippen molar-refractivity contribution in [3.8, 4) is 16.9 Å². The molecule has 1 aliphatic rings. The molecular weight excluding hydrogens is 364 g/mol. The summed E-state index contributed by atoms with van der Waals surface area (Å²) >= 11 is 0. The maximum atomic E-state index is 12.6. The molecule has 1 aliphatic heterocycles. The minimum absolute atomic E-state index is 0.145. The molecule has 0 radical (unpaired) electrons. The molecule has 0 N–H and O–H groups in total. The van der Waals surface area contributed by atoms with Gasteiger partial charge >= 0.3 is 6.61 Å². The van der Waals surface area contributed by atoms with E-state index in [1.807, 2.05) is 30.3 Å². The van der Waals surface area contributed by atoms with Crippen LogP contribution in [0.2, 0.25) is 0 Å². The Morgan fingerprint density at radius 2 is 1.82 bits per heavy atom. The summed E-state index contributed by atoms with van der Waals surface area (Å²) in [6.07, 6.45) is 6.40. The highest BCUT2D eigenvalue weighted by atomic mass is 19.3. The Hall–Kier alpha value is -3.35. The van der Waals surface area contributed by atoms with Crippen molar-refractivity contribution in [2.24, 2.45) is 4.99 Å². The number of rotatable bonds is 5. The van der Waals surface area contributed by atoms with Crippen molar-refractivity contribution < 1.29 is 18.3 Å². The Morgan fingerprint density at radius 1 is 1.04 bits per heavy atom. The van der Waals surface area contributed by atoms with Gasteiger partial charge in [0, 0.05) is 18.0 Å². The molecule has 0 saturated heterocycles. The maximum Gasteiger partial charge on any atom is 0.387 e. The van der Waals surface area contributed by atoms with E-state index < -0.39 is 12.2 Å². The van der Waals surface area contributed by atoms with E-state index in [0.717, 1.165) is 22.3 Å². The third kappa shape index (κ3) is 3.31. The van der Waals surface area contributed by atoms with Gasteiger partial charge in [-0.25, -0.2) is 15.0 Å². The number of halogens is 2. The fourth-order valence-corrected chi connectivity index (χ4v) is 3.34. The summed E-state index contributed by atoms with van der Waals surface area (Å²) in [5.41, 5.74) is 3.44. The molecule has 3 aromatic rings. The van der Waals surface area contributed by atoms with E-state index in [2.05, 4.69) is 19.7 Å². The topological polar surface area (TPSA) is 56.6 Å². The van der Waals surface area contributed by atoms with Crippen LogP contribution < -0.4 is 4.74 Å². The molecule has 0 aliphatic carbocycles. The number of alkyl halides is 2. The molecule has 0 spiro atoms. The predicted octanol–water partition coefficient (Wildman–Crippen LogP) is 4.36. The van der Waals surface area contributed by atoms with Crippen molar-refractivity contribution in [1.82, 2.24) is 9.97 Å². The first-order valence-electron chi connectivity index (χ1n) is 8.66. The molecule has 1 atom stereocenters. The van der Waals surface area contributed by atoms with Crippen LogP contribution in [0.15, 0.2) is 66.2 Å². The summed E-state index contributed by atoms with van der Waals surface area (Å²) in [5, 5.41) is 0. The van der Waals surface area contributed by atoms with E-state index in [4.69, 9.17) is 4.74 Å². The first kappa shape index (κ1) is 18.0. The minimum atomic E-state index is -2.86. The first-order chi connectivity index (χ1) is 13.6. The van der Waals surface area contributed by atoms with Crippen molar-refractivity contribution >= 4 is 6.40 Å². The lowest BCUT2D eigenvalue weighted by atomic mass is 9.82. The zero-order valence-electron chi connectivity index (χ0n) is 15.0. The second-order valence-electron chi connectivity index (χ2n) is 6.47. The number of aliphatic imine (C=N–C) groups is 1. The standard InChI is InChI=1S/C21H17F2N3O2/c1-14-7-18(5-6-19(14)28-20(22)23)21(11-27-13-26-21)17-4-2-3-15(8-17)16-9-24-12-25-10-16/h2-10,12-13,20H,11H2,1H3. The van der Waals surface area contributed by atoms with Gasteiger partial charge in [0.25, 0.3) is 0 Å². The van der Waals surface area contributed by atoms with E-state index >= 15 is 0 Å². The van der Waals surface area contributed by atoms with Gasteiger partial charge in [-0.15, -0.1) is 0 Å². The molecule has 4 rings (SSSR count). The molecule has 5 nitrogen and oxygen atoms in total. The Morgan fingerprint density at radius 3 is 2.50 bits per heavy atom. The molecule has 0 saturated carbocycles. The SMILES string of the molecule is Cc1cc(C2(c3cccc(-c4cncnc4)c3)COC=N2)ccc1OC(F)F. The molecule has 28 heavy (non-hydrogen) atoms. The number of ether oxygens (including phenoxy) is 2. The molecule has 2 aromatic carbocycles. The van der Waals surface area contributed by atoms with Gasteiger partial charge in [-0.3, -0.25) is 0 Å². The molecule has 1 unspecified atom stereocenters. The number of benzene rings is 2. The summed E-state index contributed by atoms with van der Waals surface area (Å²) in [6.45, 7) is -0.821. The number of nitrogens with zero attached hydrogens (tertiary/aromatic N) is 3. The normalized spacial score (nSPS) is 18.3. The predicted molar refractivity (Wildman–Crippen MR) is 101 cm³/mol. The zero-order valence-corrected chi connectivity index (χ0v) is 15.0. The second kappa shape index (κ2) is 7.34. The summed E-state index contributed by atoms with van der Waals surface area (Å²) in [5.74, 6) is 0.145. The number of aryl methyl sites for hydroxylation is 1. The van der Waals surface area contributed by atoms with Gasteiger partial charge in [0.1, 0.15) is 24.2 Å². The Balaban J connectivity index is 1.78. The highest BCUT2D eigenvalue weighted by Gasteiger charge is 2.38. The summed E-state index contributed by atoms with van der Waals surface area (Å²) < 4.78 is 35.2. The Bertz CT molecular complexity index is 1010. The summed E-state index contributed by atoms with van der Waals surface area (Å²) in [7, 11) is 0. The van der Waals surface area contributed by atoms with E-state index in [1.54, 1.807) is 31.5 Å². The highest BCUT2D eigenvalue weighted by molar-refractivity contribution is 5.65. The van der Waals surface area contributed by atoms with E-state index in [0.29, 0.717) is 12.2 Å². The van der Waals surface area contributed by atoms with Gasteiger partial charge < -0.3 is 9.47 Å². The summed E-state index contributed by atoms with van der Waals surface area (Å²) in [6, 6.07) is 13.0. The van der Waals surface area contributed by atoms with Crippen LogP contribution >= 0.6 is 0 Å². The molecule has 2 heterocycles. The van der Waals surface area contributed by atoms with Crippen LogP contribution in [0.1, 0.15) is 16.7 Å². The van der Waals surface area contributed by atoms with Gasteiger partial charge in [0.15, 0.2) is 6.40 Å². The largest absolute Gasteiger partial charge is 0.480 e. The molecule has 0 bridgehead atoms. The van der Waals surface area contributed by atoms with Crippen LogP contribution in [0.4, 0.5) is 8.78 Å². The third-order valence-corrected chi connectivity index (χ3v) is 4.74. The fraction of sp³-hybridized carbons (Fsp3) is 0.190. The quantitative estimate of drug-likeness (QED) is 0.659. The van der Waals surface area contributed by atoms with Crippen molar-refractivity contribution in [2.45, 2.75) is 19.1 Å². The summed E-state index contributed by atoms with van der Waals surface area (Å²) in [4.78, 5) is 12.7. The van der Waals surface area contributed by atoms with Gasteiger partial charge in [0.2, 0.25) is 0 Å². The lowest BCUT2D eigenvalue weighted by molar-refractivity contribution is -0.0503. The van der Waals surface area contributed by atoms with E-state index in [9.17, 15) is 8.78 Å². The van der Waals surface area contributed by atoms with Gasteiger partial charge in [-0.05, 0) is 47.4 Å². The van der Waals surface area contributed by atoms with Crippen molar-refractivity contribution in [1.29, 1.82) is 0 Å². The second-order valence-corrected chi connectivity index (χ2v) is 6.47. The monoisotopic (exact) mass is 381 g/mol. The Kier molecular flexibility index (Phi) is 4.73. The molecule has 142 valence electrons. The number of hydrogen-bond acceptors (Lipinski definition) is 5. The van der Waals surface area contributed by atoms with Crippen LogP contribution in [0.3, 0.4) is 0 Å². The van der Waals surface area contributed by atoms with E-state index in [-0.39, 0.29) is 5.75 Å². The molecule has 7 heteroatoms. The van der Waals surface area contributed by atoms with Gasteiger partial charge in [0.05, 0.1) is 0 Å². The van der Waals surface area contributed by atoms with E-state index in [1.165, 1.54) is 12.7 Å². The third-order valence-electron chi connectivity index (χ3n) is 4.74. The molecule has 0 amide bonds. The Labute approximate surface area is 160 Å². The van der Waals surface area contributed by atoms with Crippen molar-refractivity contribution in [3.05, 3.63) is 77.9 Å². The maximum absolute atomic E-state index is 12.6. The van der Waals surface area contributed by atoms with Crippen LogP contribution in [0, 0.1) is 6.92 Å². The van der Waals surface area contributed by atoms with Crippen LogP contribution in [-0.4, -0.2) is 29.6 Å². The minimum Gasteiger partial charge on any atom is -0.480 e. The average Bonchev–Trinajstić information content (AvgIpc) is 3.21. The molecular formula is C21H17F2N3O2. The molecule has 0 fully saturated rings.